The second-order valence-electron chi connectivity index (χ2n) is 4.92. The van der Waals surface area contributed by atoms with E-state index in [0.717, 1.165) is 31.4 Å². The summed E-state index contributed by atoms with van der Waals surface area (Å²) < 4.78 is 6.74. The van der Waals surface area contributed by atoms with Crippen LogP contribution < -0.4 is 5.73 Å². The van der Waals surface area contributed by atoms with Crippen molar-refractivity contribution in [2.45, 2.75) is 32.7 Å². The molecular weight excluding hydrogens is 302 g/mol. The summed E-state index contributed by atoms with van der Waals surface area (Å²) in [4.78, 5) is 16.2. The fourth-order valence-electron chi connectivity index (χ4n) is 2.27. The molecule has 6 heteroatoms. The third-order valence-corrected chi connectivity index (χ3v) is 3.42. The number of nitrogens with zero attached hydrogens (tertiary/aromatic N) is 2. The molecule has 0 radical (unpaired) electrons. The van der Waals surface area contributed by atoms with Crippen molar-refractivity contribution in [3.63, 3.8) is 0 Å². The van der Waals surface area contributed by atoms with Crippen molar-refractivity contribution < 1.29 is 9.53 Å². The summed E-state index contributed by atoms with van der Waals surface area (Å²) in [5, 5.41) is 0. The molecule has 0 spiro atoms. The number of esters is 1. The molecule has 0 amide bonds. The summed E-state index contributed by atoms with van der Waals surface area (Å²) in [5.41, 5.74) is 7.89. The Morgan fingerprint density at radius 1 is 1.32 bits per heavy atom. The van der Waals surface area contributed by atoms with Gasteiger partial charge in [-0.05, 0) is 12.5 Å². The van der Waals surface area contributed by atoms with Gasteiger partial charge in [0, 0.05) is 18.3 Å². The Balaban J connectivity index is 0.00000242. The van der Waals surface area contributed by atoms with Gasteiger partial charge in [-0.1, -0.05) is 38.0 Å². The number of rotatable bonds is 6. The smallest absolute Gasteiger partial charge is 0.338 e. The molecule has 0 aliphatic carbocycles. The summed E-state index contributed by atoms with van der Waals surface area (Å²) in [6, 6.07) is 7.25. The van der Waals surface area contributed by atoms with Gasteiger partial charge < -0.3 is 15.0 Å². The third kappa shape index (κ3) is 4.01. The number of imidazole rings is 1. The predicted octanol–water partition coefficient (Wildman–Crippen LogP) is 3.53. The lowest BCUT2D eigenvalue weighted by Crippen LogP contribution is -2.03. The van der Waals surface area contributed by atoms with Crippen molar-refractivity contribution >= 4 is 24.3 Å². The van der Waals surface area contributed by atoms with E-state index in [-0.39, 0.29) is 18.4 Å². The number of aryl methyl sites for hydroxylation is 1. The van der Waals surface area contributed by atoms with Crippen molar-refractivity contribution in [2.24, 2.45) is 0 Å². The summed E-state index contributed by atoms with van der Waals surface area (Å²) >= 11 is 0. The molecule has 0 aliphatic rings. The number of hydrogen-bond acceptors (Lipinski definition) is 4. The number of carbonyl (C=O) groups is 1. The Morgan fingerprint density at radius 3 is 2.73 bits per heavy atom. The zero-order chi connectivity index (χ0) is 15.2. The van der Waals surface area contributed by atoms with Crippen LogP contribution in [-0.4, -0.2) is 22.6 Å². The zero-order valence-electron chi connectivity index (χ0n) is 12.9. The van der Waals surface area contributed by atoms with Gasteiger partial charge in [0.15, 0.2) is 0 Å². The Bertz CT molecular complexity index is 626. The lowest BCUT2D eigenvalue weighted by atomic mass is 10.1. The van der Waals surface area contributed by atoms with Gasteiger partial charge in [0.1, 0.15) is 0 Å². The fourth-order valence-corrected chi connectivity index (χ4v) is 2.27. The Hall–Kier alpha value is -2.01. The fraction of sp³-hybridized carbons (Fsp3) is 0.375. The second kappa shape index (κ2) is 8.44. The quantitative estimate of drug-likeness (QED) is 0.652. The zero-order valence-corrected chi connectivity index (χ0v) is 13.7. The molecule has 2 rings (SSSR count). The summed E-state index contributed by atoms with van der Waals surface area (Å²) in [6.07, 6.45) is 5.28. The monoisotopic (exact) mass is 323 g/mol. The van der Waals surface area contributed by atoms with Crippen LogP contribution in [0.1, 0.15) is 36.5 Å². The SMILES string of the molecule is CCCCCn1cc(-c2ccccc2C(=O)OC)nc1N.Cl. The highest BCUT2D eigenvalue weighted by molar-refractivity contribution is 5.96. The number of carbonyl (C=O) groups excluding carboxylic acids is 1. The summed E-state index contributed by atoms with van der Waals surface area (Å²) in [5.74, 6) is 0.102. The highest BCUT2D eigenvalue weighted by Crippen LogP contribution is 2.24. The number of benzene rings is 1. The largest absolute Gasteiger partial charge is 0.465 e. The van der Waals surface area contributed by atoms with Gasteiger partial charge in [-0.3, -0.25) is 0 Å². The van der Waals surface area contributed by atoms with E-state index < -0.39 is 0 Å². The molecule has 120 valence electrons. The molecule has 1 heterocycles. The van der Waals surface area contributed by atoms with Crippen LogP contribution in [0.3, 0.4) is 0 Å². The first-order valence-electron chi connectivity index (χ1n) is 7.17. The van der Waals surface area contributed by atoms with E-state index in [1.54, 1.807) is 12.1 Å². The molecule has 5 nitrogen and oxygen atoms in total. The molecule has 0 saturated heterocycles. The van der Waals surface area contributed by atoms with E-state index in [2.05, 4.69) is 11.9 Å². The van der Waals surface area contributed by atoms with Crippen LogP contribution in [0.2, 0.25) is 0 Å². The Labute approximate surface area is 136 Å². The number of halogens is 1. The lowest BCUT2D eigenvalue weighted by Gasteiger charge is -2.05. The van der Waals surface area contributed by atoms with E-state index in [1.807, 2.05) is 22.9 Å². The Kier molecular flexibility index (Phi) is 6.92. The molecule has 1 aromatic heterocycles. The van der Waals surface area contributed by atoms with E-state index in [4.69, 9.17) is 10.5 Å². The second-order valence-corrected chi connectivity index (χ2v) is 4.92. The van der Waals surface area contributed by atoms with Gasteiger partial charge in [-0.25, -0.2) is 9.78 Å². The van der Waals surface area contributed by atoms with E-state index in [9.17, 15) is 4.79 Å². The number of anilines is 1. The molecule has 0 fully saturated rings. The van der Waals surface area contributed by atoms with Crippen LogP contribution in [-0.2, 0) is 11.3 Å². The maximum atomic E-state index is 11.8. The number of ether oxygens (including phenoxy) is 1. The highest BCUT2D eigenvalue weighted by atomic mass is 35.5. The van der Waals surface area contributed by atoms with Crippen molar-refractivity contribution in [1.29, 1.82) is 0 Å². The molecule has 0 atom stereocenters. The predicted molar refractivity (Wildman–Crippen MR) is 90.2 cm³/mol. The average molecular weight is 324 g/mol. The first-order chi connectivity index (χ1) is 10.2. The van der Waals surface area contributed by atoms with Gasteiger partial charge in [-0.15, -0.1) is 12.4 Å². The number of aromatic nitrogens is 2. The lowest BCUT2D eigenvalue weighted by molar-refractivity contribution is 0.0601. The average Bonchev–Trinajstić information content (AvgIpc) is 2.88. The molecule has 0 bridgehead atoms. The topological polar surface area (TPSA) is 70.1 Å². The van der Waals surface area contributed by atoms with Crippen LogP contribution in [0.25, 0.3) is 11.3 Å². The van der Waals surface area contributed by atoms with Gasteiger partial charge >= 0.3 is 5.97 Å². The molecule has 1 aromatic carbocycles. The minimum Gasteiger partial charge on any atom is -0.465 e. The minimum absolute atomic E-state index is 0. The van der Waals surface area contributed by atoms with Crippen molar-refractivity contribution in [3.05, 3.63) is 36.0 Å². The number of nitrogens with two attached hydrogens (primary N) is 1. The van der Waals surface area contributed by atoms with Gasteiger partial charge in [-0.2, -0.15) is 0 Å². The number of nitrogen functional groups attached to an aromatic ring is 1. The minimum atomic E-state index is -0.371. The summed E-state index contributed by atoms with van der Waals surface area (Å²) in [6.45, 7) is 3.00. The number of unbranched alkanes of at least 4 members (excludes halogenated alkanes) is 2. The van der Waals surface area contributed by atoms with E-state index in [0.29, 0.717) is 17.2 Å². The summed E-state index contributed by atoms with van der Waals surface area (Å²) in [7, 11) is 1.37. The van der Waals surface area contributed by atoms with E-state index >= 15 is 0 Å². The highest BCUT2D eigenvalue weighted by Gasteiger charge is 2.15. The maximum absolute atomic E-state index is 11.8. The van der Waals surface area contributed by atoms with Crippen LogP contribution in [0.5, 0.6) is 0 Å². The maximum Gasteiger partial charge on any atom is 0.338 e. The van der Waals surface area contributed by atoms with Crippen LogP contribution in [0, 0.1) is 0 Å². The van der Waals surface area contributed by atoms with Crippen LogP contribution in [0.4, 0.5) is 5.95 Å². The Morgan fingerprint density at radius 2 is 2.05 bits per heavy atom. The van der Waals surface area contributed by atoms with Gasteiger partial charge in [0.25, 0.3) is 0 Å². The normalized spacial score (nSPS) is 10.1. The molecule has 0 unspecified atom stereocenters. The third-order valence-electron chi connectivity index (χ3n) is 3.42. The van der Waals surface area contributed by atoms with Gasteiger partial charge in [0.2, 0.25) is 5.95 Å². The number of methoxy groups -OCH3 is 1. The molecular formula is C16H22ClN3O2. The van der Waals surface area contributed by atoms with Crippen molar-refractivity contribution in [1.82, 2.24) is 9.55 Å². The standard InChI is InChI=1S/C16H21N3O2.ClH/c1-3-4-7-10-19-11-14(18-16(19)17)12-8-5-6-9-13(12)15(20)21-2;/h5-6,8-9,11H,3-4,7,10H2,1-2H3,(H2,17,18);1H. The number of hydrogen-bond donors (Lipinski definition) is 1. The molecule has 2 aromatic rings. The van der Waals surface area contributed by atoms with Crippen LogP contribution in [0.15, 0.2) is 30.5 Å². The first-order valence-corrected chi connectivity index (χ1v) is 7.17. The van der Waals surface area contributed by atoms with Crippen LogP contribution >= 0.6 is 12.4 Å². The molecule has 0 aliphatic heterocycles. The van der Waals surface area contributed by atoms with Crippen molar-refractivity contribution in [3.8, 4) is 11.3 Å². The molecule has 22 heavy (non-hydrogen) atoms. The first kappa shape index (κ1) is 18.0. The van der Waals surface area contributed by atoms with Crippen molar-refractivity contribution in [2.75, 3.05) is 12.8 Å². The van der Waals surface area contributed by atoms with E-state index in [1.165, 1.54) is 7.11 Å². The molecule has 0 saturated carbocycles. The van der Waals surface area contributed by atoms with Gasteiger partial charge in [0.05, 0.1) is 18.4 Å². The molecule has 2 N–H and O–H groups in total.